The Morgan fingerprint density at radius 2 is 1.67 bits per heavy atom. The zero-order chi connectivity index (χ0) is 11.6. The summed E-state index contributed by atoms with van der Waals surface area (Å²) < 4.78 is 0. The molecule has 0 unspecified atom stereocenters. The van der Waals surface area contributed by atoms with E-state index < -0.39 is 0 Å². The summed E-state index contributed by atoms with van der Waals surface area (Å²) >= 11 is 0. The molecule has 1 aliphatic rings. The minimum absolute atomic E-state index is 0.113. The molecule has 0 radical (unpaired) electrons. The second kappa shape index (κ2) is 4.81. The predicted molar refractivity (Wildman–Crippen MR) is 66.0 cm³/mol. The number of piperazine rings is 1. The van der Waals surface area contributed by atoms with Crippen LogP contribution in [-0.4, -0.2) is 54.2 Å². The Kier molecular flexibility index (Phi) is 4.15. The molecule has 1 saturated heterocycles. The SMILES string of the molecule is CCN1[C@H](C)CN(C(C)(C)NC)C[C@H]1C. The number of nitrogens with one attached hydrogen (secondary N) is 1. The Morgan fingerprint density at radius 1 is 1.20 bits per heavy atom. The van der Waals surface area contributed by atoms with Gasteiger partial charge in [-0.25, -0.2) is 0 Å². The molecule has 1 N–H and O–H groups in total. The van der Waals surface area contributed by atoms with Crippen LogP contribution in [0.5, 0.6) is 0 Å². The summed E-state index contributed by atoms with van der Waals surface area (Å²) in [5, 5.41) is 3.39. The fourth-order valence-electron chi connectivity index (χ4n) is 2.59. The van der Waals surface area contributed by atoms with E-state index in [4.69, 9.17) is 0 Å². The average Bonchev–Trinajstić information content (AvgIpc) is 2.17. The molecule has 2 atom stereocenters. The highest BCUT2D eigenvalue weighted by Gasteiger charge is 2.34. The van der Waals surface area contributed by atoms with E-state index in [9.17, 15) is 0 Å². The van der Waals surface area contributed by atoms with Gasteiger partial charge in [0, 0.05) is 25.2 Å². The van der Waals surface area contributed by atoms with Gasteiger partial charge in [0.05, 0.1) is 5.66 Å². The Labute approximate surface area is 94.8 Å². The van der Waals surface area contributed by atoms with Crippen molar-refractivity contribution in [2.24, 2.45) is 0 Å². The highest BCUT2D eigenvalue weighted by molar-refractivity contribution is 4.90. The predicted octanol–water partition coefficient (Wildman–Crippen LogP) is 1.36. The van der Waals surface area contributed by atoms with E-state index in [1.54, 1.807) is 0 Å². The molecule has 0 aliphatic carbocycles. The average molecular weight is 213 g/mol. The molecule has 0 aromatic rings. The van der Waals surface area contributed by atoms with Crippen molar-refractivity contribution in [3.8, 4) is 0 Å². The summed E-state index contributed by atoms with van der Waals surface area (Å²) in [7, 11) is 2.04. The van der Waals surface area contributed by atoms with Crippen LogP contribution in [0.4, 0.5) is 0 Å². The highest BCUT2D eigenvalue weighted by Crippen LogP contribution is 2.21. The number of likely N-dealkylation sites (N-methyl/N-ethyl adjacent to an activating group) is 1. The first kappa shape index (κ1) is 12.9. The van der Waals surface area contributed by atoms with Gasteiger partial charge in [0.1, 0.15) is 0 Å². The van der Waals surface area contributed by atoms with E-state index in [-0.39, 0.29) is 5.66 Å². The topological polar surface area (TPSA) is 18.5 Å². The van der Waals surface area contributed by atoms with Crippen LogP contribution < -0.4 is 5.32 Å². The first-order valence-corrected chi connectivity index (χ1v) is 6.12. The molecule has 0 aromatic heterocycles. The van der Waals surface area contributed by atoms with Crippen molar-refractivity contribution < 1.29 is 0 Å². The number of rotatable bonds is 3. The van der Waals surface area contributed by atoms with Gasteiger partial charge in [-0.3, -0.25) is 9.80 Å². The molecule has 0 saturated carbocycles. The van der Waals surface area contributed by atoms with Crippen LogP contribution in [0.15, 0.2) is 0 Å². The summed E-state index contributed by atoms with van der Waals surface area (Å²) in [6.07, 6.45) is 0. The lowest BCUT2D eigenvalue weighted by molar-refractivity contribution is -0.0189. The van der Waals surface area contributed by atoms with E-state index in [2.05, 4.69) is 49.7 Å². The molecule has 3 nitrogen and oxygen atoms in total. The smallest absolute Gasteiger partial charge is 0.0653 e. The van der Waals surface area contributed by atoms with E-state index in [1.807, 2.05) is 7.05 Å². The molecular formula is C12H27N3. The summed E-state index contributed by atoms with van der Waals surface area (Å²) in [6, 6.07) is 1.32. The van der Waals surface area contributed by atoms with Gasteiger partial charge >= 0.3 is 0 Å². The van der Waals surface area contributed by atoms with Crippen molar-refractivity contribution in [2.75, 3.05) is 26.7 Å². The number of hydrogen-bond donors (Lipinski definition) is 1. The van der Waals surface area contributed by atoms with E-state index in [1.165, 1.54) is 0 Å². The third-order valence-electron chi connectivity index (χ3n) is 3.87. The quantitative estimate of drug-likeness (QED) is 0.763. The van der Waals surface area contributed by atoms with Crippen LogP contribution in [0.25, 0.3) is 0 Å². The van der Waals surface area contributed by atoms with Gasteiger partial charge in [0.15, 0.2) is 0 Å². The van der Waals surface area contributed by atoms with Crippen LogP contribution >= 0.6 is 0 Å². The summed E-state index contributed by atoms with van der Waals surface area (Å²) in [5.74, 6) is 0. The van der Waals surface area contributed by atoms with Crippen molar-refractivity contribution in [2.45, 2.75) is 52.4 Å². The fourth-order valence-corrected chi connectivity index (χ4v) is 2.59. The molecule has 3 heteroatoms. The Balaban J connectivity index is 2.68. The number of nitrogens with zero attached hydrogens (tertiary/aromatic N) is 2. The minimum atomic E-state index is 0.113. The first-order valence-electron chi connectivity index (χ1n) is 6.12. The zero-order valence-corrected chi connectivity index (χ0v) is 11.2. The van der Waals surface area contributed by atoms with Gasteiger partial charge in [0.2, 0.25) is 0 Å². The third kappa shape index (κ3) is 2.71. The first-order chi connectivity index (χ1) is 6.92. The molecular weight excluding hydrogens is 186 g/mol. The van der Waals surface area contributed by atoms with Gasteiger partial charge in [-0.2, -0.15) is 0 Å². The van der Waals surface area contributed by atoms with Gasteiger partial charge < -0.3 is 5.32 Å². The summed E-state index contributed by atoms with van der Waals surface area (Å²) in [5.41, 5.74) is 0.113. The fraction of sp³-hybridized carbons (Fsp3) is 1.00. The third-order valence-corrected chi connectivity index (χ3v) is 3.87. The van der Waals surface area contributed by atoms with E-state index in [0.29, 0.717) is 12.1 Å². The maximum atomic E-state index is 3.39. The molecule has 0 aromatic carbocycles. The standard InChI is InChI=1S/C12H27N3/c1-7-15-10(2)8-14(9-11(15)3)12(4,5)13-6/h10-11,13H,7-9H2,1-6H3/t10-,11-/m1/s1. The van der Waals surface area contributed by atoms with Crippen molar-refractivity contribution in [3.63, 3.8) is 0 Å². The van der Waals surface area contributed by atoms with E-state index >= 15 is 0 Å². The Bertz CT molecular complexity index is 191. The normalized spacial score (nSPS) is 30.8. The van der Waals surface area contributed by atoms with Gasteiger partial charge in [0.25, 0.3) is 0 Å². The van der Waals surface area contributed by atoms with Gasteiger partial charge in [-0.1, -0.05) is 6.92 Å². The molecule has 90 valence electrons. The van der Waals surface area contributed by atoms with Crippen LogP contribution in [0.1, 0.15) is 34.6 Å². The lowest BCUT2D eigenvalue weighted by Gasteiger charge is -2.50. The van der Waals surface area contributed by atoms with Crippen LogP contribution in [-0.2, 0) is 0 Å². The molecule has 1 rings (SSSR count). The highest BCUT2D eigenvalue weighted by atomic mass is 15.4. The van der Waals surface area contributed by atoms with E-state index in [0.717, 1.165) is 19.6 Å². The van der Waals surface area contributed by atoms with Gasteiger partial charge in [-0.05, 0) is 41.3 Å². The lowest BCUT2D eigenvalue weighted by Crippen LogP contribution is -2.64. The zero-order valence-electron chi connectivity index (χ0n) is 11.2. The number of hydrogen-bond acceptors (Lipinski definition) is 3. The van der Waals surface area contributed by atoms with Gasteiger partial charge in [-0.15, -0.1) is 0 Å². The second-order valence-electron chi connectivity index (χ2n) is 5.24. The maximum absolute atomic E-state index is 3.39. The maximum Gasteiger partial charge on any atom is 0.0653 e. The lowest BCUT2D eigenvalue weighted by atomic mass is 10.0. The van der Waals surface area contributed by atoms with Crippen LogP contribution in [0, 0.1) is 0 Å². The molecule has 1 aliphatic heterocycles. The summed E-state index contributed by atoms with van der Waals surface area (Å²) in [4.78, 5) is 5.14. The van der Waals surface area contributed by atoms with Crippen molar-refractivity contribution >= 4 is 0 Å². The van der Waals surface area contributed by atoms with Crippen molar-refractivity contribution in [1.29, 1.82) is 0 Å². The largest absolute Gasteiger partial charge is 0.303 e. The van der Waals surface area contributed by atoms with Crippen molar-refractivity contribution in [1.82, 2.24) is 15.1 Å². The second-order valence-corrected chi connectivity index (χ2v) is 5.24. The van der Waals surface area contributed by atoms with Crippen LogP contribution in [0.3, 0.4) is 0 Å². The molecule has 0 bridgehead atoms. The molecule has 0 spiro atoms. The molecule has 1 fully saturated rings. The van der Waals surface area contributed by atoms with Crippen molar-refractivity contribution in [3.05, 3.63) is 0 Å². The van der Waals surface area contributed by atoms with Crippen LogP contribution in [0.2, 0.25) is 0 Å². The minimum Gasteiger partial charge on any atom is -0.303 e. The Hall–Kier alpha value is -0.120. The molecule has 1 heterocycles. The monoisotopic (exact) mass is 213 g/mol. The molecule has 15 heavy (non-hydrogen) atoms. The molecule has 0 amide bonds. The summed E-state index contributed by atoms with van der Waals surface area (Å²) in [6.45, 7) is 14.9. The Morgan fingerprint density at radius 3 is 2.00 bits per heavy atom.